The van der Waals surface area contributed by atoms with Crippen molar-refractivity contribution in [2.45, 2.75) is 13.8 Å². The van der Waals surface area contributed by atoms with Gasteiger partial charge in [-0.05, 0) is 37.2 Å². The third kappa shape index (κ3) is 2.41. The molecule has 0 spiro atoms. The number of anilines is 1. The zero-order valence-electron chi connectivity index (χ0n) is 8.40. The van der Waals surface area contributed by atoms with E-state index in [-0.39, 0.29) is 10.8 Å². The largest absolute Gasteiger partial charge is 0.376 e. The Hall–Kier alpha value is -1.69. The lowest BCUT2D eigenvalue weighted by Crippen LogP contribution is -2.20. The van der Waals surface area contributed by atoms with Crippen LogP contribution >= 0.6 is 12.2 Å². The number of nitrogens with two attached hydrogens (primary N) is 1. The maximum atomic E-state index is 10.7. The lowest BCUT2D eigenvalue weighted by atomic mass is 10.1. The maximum Gasteiger partial charge on any atom is 0.293 e. The van der Waals surface area contributed by atoms with E-state index in [0.29, 0.717) is 5.69 Å². The Labute approximate surface area is 92.4 Å². The molecule has 0 fully saturated rings. The van der Waals surface area contributed by atoms with Crippen molar-refractivity contribution in [2.75, 3.05) is 5.32 Å². The summed E-state index contributed by atoms with van der Waals surface area (Å²) >= 11 is 4.67. The fraction of sp³-hybridized carbons (Fsp3) is 0.222. The van der Waals surface area contributed by atoms with E-state index in [1.165, 1.54) is 6.07 Å². The Balaban J connectivity index is 3.34. The van der Waals surface area contributed by atoms with Crippen LogP contribution < -0.4 is 11.1 Å². The fourth-order valence-electron chi connectivity index (χ4n) is 1.23. The number of rotatable bonds is 2. The number of nitrogens with one attached hydrogen (secondary N) is 1. The lowest BCUT2D eigenvalue weighted by molar-refractivity contribution is -0.383. The molecule has 80 valence electrons. The molecule has 0 saturated carbocycles. The SMILES string of the molecule is Cc1ccc([N+](=O)[O-])c(NC(N)=S)c1C. The zero-order valence-corrected chi connectivity index (χ0v) is 9.22. The summed E-state index contributed by atoms with van der Waals surface area (Å²) in [5, 5.41) is 13.4. The molecule has 0 amide bonds. The van der Waals surface area contributed by atoms with Gasteiger partial charge in [0.2, 0.25) is 0 Å². The minimum atomic E-state index is -0.465. The second-order valence-electron chi connectivity index (χ2n) is 3.15. The van der Waals surface area contributed by atoms with Crippen molar-refractivity contribution in [1.29, 1.82) is 0 Å². The molecule has 0 unspecified atom stereocenters. The molecule has 0 saturated heterocycles. The van der Waals surface area contributed by atoms with Gasteiger partial charge in [0.05, 0.1) is 4.92 Å². The standard InChI is InChI=1S/C9H11N3O2S/c1-5-3-4-7(12(13)14)8(6(5)2)11-9(10)15/h3-4H,1-2H3,(H3,10,11,15). The molecule has 1 aromatic carbocycles. The molecule has 0 bridgehead atoms. The van der Waals surface area contributed by atoms with E-state index < -0.39 is 4.92 Å². The summed E-state index contributed by atoms with van der Waals surface area (Å²) in [6.45, 7) is 3.65. The van der Waals surface area contributed by atoms with Gasteiger partial charge in [-0.3, -0.25) is 10.1 Å². The van der Waals surface area contributed by atoms with Gasteiger partial charge >= 0.3 is 0 Å². The Bertz CT molecular complexity index is 432. The average Bonchev–Trinajstić information content (AvgIpc) is 2.12. The Morgan fingerprint density at radius 3 is 2.60 bits per heavy atom. The molecule has 5 nitrogen and oxygen atoms in total. The first-order valence-corrected chi connectivity index (χ1v) is 4.65. The van der Waals surface area contributed by atoms with Gasteiger partial charge in [-0.15, -0.1) is 0 Å². The van der Waals surface area contributed by atoms with E-state index in [4.69, 9.17) is 5.73 Å². The van der Waals surface area contributed by atoms with Crippen LogP contribution in [0.4, 0.5) is 11.4 Å². The summed E-state index contributed by atoms with van der Waals surface area (Å²) < 4.78 is 0. The minimum Gasteiger partial charge on any atom is -0.376 e. The van der Waals surface area contributed by atoms with Crippen molar-refractivity contribution >= 4 is 28.7 Å². The highest BCUT2D eigenvalue weighted by atomic mass is 32.1. The molecule has 3 N–H and O–H groups in total. The van der Waals surface area contributed by atoms with Gasteiger partial charge in [0.25, 0.3) is 5.69 Å². The van der Waals surface area contributed by atoms with Gasteiger partial charge in [0, 0.05) is 6.07 Å². The number of aryl methyl sites for hydroxylation is 1. The van der Waals surface area contributed by atoms with Crippen molar-refractivity contribution in [1.82, 2.24) is 0 Å². The number of nitro benzene ring substituents is 1. The van der Waals surface area contributed by atoms with Crippen molar-refractivity contribution in [2.24, 2.45) is 5.73 Å². The van der Waals surface area contributed by atoms with E-state index in [0.717, 1.165) is 11.1 Å². The van der Waals surface area contributed by atoms with Crippen LogP contribution in [0, 0.1) is 24.0 Å². The summed E-state index contributed by atoms with van der Waals surface area (Å²) in [6.07, 6.45) is 0. The molecule has 0 aliphatic rings. The molecule has 0 radical (unpaired) electrons. The molecule has 15 heavy (non-hydrogen) atoms. The molecular formula is C9H11N3O2S. The van der Waals surface area contributed by atoms with Crippen LogP contribution in [0.15, 0.2) is 12.1 Å². The van der Waals surface area contributed by atoms with Gasteiger partial charge in [-0.1, -0.05) is 6.07 Å². The molecule has 1 rings (SSSR count). The van der Waals surface area contributed by atoms with Crippen LogP contribution in [-0.4, -0.2) is 10.0 Å². The zero-order chi connectivity index (χ0) is 11.6. The summed E-state index contributed by atoms with van der Waals surface area (Å²) in [6, 6.07) is 3.13. The van der Waals surface area contributed by atoms with Crippen molar-refractivity contribution in [3.8, 4) is 0 Å². The Kier molecular flexibility index (Phi) is 3.21. The number of hydrogen-bond acceptors (Lipinski definition) is 3. The predicted octanol–water partition coefficient (Wildman–Crippen LogP) is 1.87. The fourth-order valence-corrected chi connectivity index (χ4v) is 1.34. The van der Waals surface area contributed by atoms with Gasteiger partial charge in [0.1, 0.15) is 5.69 Å². The molecule has 6 heteroatoms. The van der Waals surface area contributed by atoms with E-state index in [1.54, 1.807) is 13.0 Å². The van der Waals surface area contributed by atoms with Crippen LogP contribution in [0.1, 0.15) is 11.1 Å². The van der Waals surface area contributed by atoms with Crippen LogP contribution in [0.3, 0.4) is 0 Å². The third-order valence-electron chi connectivity index (χ3n) is 2.16. The first-order chi connectivity index (χ1) is 6.93. The quantitative estimate of drug-likeness (QED) is 0.456. The van der Waals surface area contributed by atoms with E-state index >= 15 is 0 Å². The van der Waals surface area contributed by atoms with Crippen LogP contribution in [0.25, 0.3) is 0 Å². The normalized spacial score (nSPS) is 9.73. The van der Waals surface area contributed by atoms with Crippen molar-refractivity contribution in [3.63, 3.8) is 0 Å². The Morgan fingerprint density at radius 2 is 2.13 bits per heavy atom. The van der Waals surface area contributed by atoms with E-state index in [1.807, 2.05) is 6.92 Å². The van der Waals surface area contributed by atoms with Gasteiger partial charge in [-0.25, -0.2) is 0 Å². The predicted molar refractivity (Wildman–Crippen MR) is 63.0 cm³/mol. The van der Waals surface area contributed by atoms with Crippen molar-refractivity contribution < 1.29 is 4.92 Å². The number of benzene rings is 1. The lowest BCUT2D eigenvalue weighted by Gasteiger charge is -2.10. The molecular weight excluding hydrogens is 214 g/mol. The molecule has 0 heterocycles. The smallest absolute Gasteiger partial charge is 0.293 e. The van der Waals surface area contributed by atoms with Crippen LogP contribution in [0.2, 0.25) is 0 Å². The number of hydrogen-bond donors (Lipinski definition) is 2. The highest BCUT2D eigenvalue weighted by Crippen LogP contribution is 2.29. The van der Waals surface area contributed by atoms with Crippen LogP contribution in [-0.2, 0) is 0 Å². The topological polar surface area (TPSA) is 81.2 Å². The Morgan fingerprint density at radius 1 is 1.53 bits per heavy atom. The second kappa shape index (κ2) is 4.22. The number of nitro groups is 1. The summed E-state index contributed by atoms with van der Waals surface area (Å²) in [5.41, 5.74) is 7.37. The molecule has 0 atom stereocenters. The van der Waals surface area contributed by atoms with Gasteiger partial charge in [-0.2, -0.15) is 0 Å². The monoisotopic (exact) mass is 225 g/mol. The van der Waals surface area contributed by atoms with Gasteiger partial charge < -0.3 is 11.1 Å². The van der Waals surface area contributed by atoms with E-state index in [2.05, 4.69) is 17.5 Å². The van der Waals surface area contributed by atoms with Crippen molar-refractivity contribution in [3.05, 3.63) is 33.4 Å². The van der Waals surface area contributed by atoms with Crippen LogP contribution in [0.5, 0.6) is 0 Å². The van der Waals surface area contributed by atoms with Gasteiger partial charge in [0.15, 0.2) is 5.11 Å². The first-order valence-electron chi connectivity index (χ1n) is 4.24. The number of nitrogens with zero attached hydrogens (tertiary/aromatic N) is 1. The highest BCUT2D eigenvalue weighted by molar-refractivity contribution is 7.80. The average molecular weight is 225 g/mol. The molecule has 1 aromatic rings. The summed E-state index contributed by atoms with van der Waals surface area (Å²) in [5.74, 6) is 0. The minimum absolute atomic E-state index is 0.0202. The number of thiocarbonyl (C=S) groups is 1. The maximum absolute atomic E-state index is 10.7. The molecule has 0 aromatic heterocycles. The summed E-state index contributed by atoms with van der Waals surface area (Å²) in [7, 11) is 0. The van der Waals surface area contributed by atoms with E-state index in [9.17, 15) is 10.1 Å². The first kappa shape index (κ1) is 11.4. The highest BCUT2D eigenvalue weighted by Gasteiger charge is 2.17. The third-order valence-corrected chi connectivity index (χ3v) is 2.26. The molecule has 0 aliphatic heterocycles. The molecule has 0 aliphatic carbocycles. The second-order valence-corrected chi connectivity index (χ2v) is 3.59. The summed E-state index contributed by atoms with van der Waals surface area (Å²) in [4.78, 5) is 10.3.